The Balaban J connectivity index is 1.37. The number of fused-ring (bicyclic) bond motifs is 1. The zero-order chi connectivity index (χ0) is 19.8. The second-order valence-corrected chi connectivity index (χ2v) is 7.64. The minimum atomic E-state index is -0.719. The van der Waals surface area contributed by atoms with Crippen molar-refractivity contribution in [2.24, 2.45) is 0 Å². The minimum Gasteiger partial charge on any atom is -0.381 e. The van der Waals surface area contributed by atoms with Gasteiger partial charge in [-0.1, -0.05) is 0 Å². The summed E-state index contributed by atoms with van der Waals surface area (Å²) < 4.78 is 7.31. The second kappa shape index (κ2) is 7.50. The van der Waals surface area contributed by atoms with Gasteiger partial charge in [-0.25, -0.2) is 14.5 Å². The van der Waals surface area contributed by atoms with E-state index in [4.69, 9.17) is 9.72 Å². The summed E-state index contributed by atoms with van der Waals surface area (Å²) in [6, 6.07) is -1.09. The maximum absolute atomic E-state index is 12.8. The highest BCUT2D eigenvalue weighted by molar-refractivity contribution is 6.05. The molecule has 4 amide bonds. The molecular weight excluding hydrogens is 364 g/mol. The number of amides is 4. The first-order valence-electron chi connectivity index (χ1n) is 9.79. The van der Waals surface area contributed by atoms with Gasteiger partial charge in [0.2, 0.25) is 5.91 Å². The predicted octanol–water partition coefficient (Wildman–Crippen LogP) is -0.161. The Labute approximate surface area is 163 Å². The standard InChI is InChI=1S/C18H26N6O4/c1-21-13(17(26)22(2)18(21)27)11-15(25)23-6-3-14-19-16(20-24(14)8-7-23)12-4-9-28-10-5-12/h12-13H,3-11H2,1-2H3. The lowest BCUT2D eigenvalue weighted by Crippen LogP contribution is -2.40. The number of hydrogen-bond acceptors (Lipinski definition) is 6. The highest BCUT2D eigenvalue weighted by Crippen LogP contribution is 2.25. The van der Waals surface area contributed by atoms with E-state index in [1.54, 1.807) is 11.9 Å². The minimum absolute atomic E-state index is 0.00841. The molecule has 3 aliphatic rings. The lowest BCUT2D eigenvalue weighted by atomic mass is 10.00. The molecule has 0 aliphatic carbocycles. The van der Waals surface area contributed by atoms with Crippen molar-refractivity contribution in [3.63, 3.8) is 0 Å². The van der Waals surface area contributed by atoms with Gasteiger partial charge >= 0.3 is 6.03 Å². The molecule has 2 saturated heterocycles. The fourth-order valence-corrected chi connectivity index (χ4v) is 4.07. The molecule has 152 valence electrons. The van der Waals surface area contributed by atoms with Crippen LogP contribution >= 0.6 is 0 Å². The van der Waals surface area contributed by atoms with E-state index >= 15 is 0 Å². The Bertz CT molecular complexity index is 762. The molecule has 10 heteroatoms. The number of rotatable bonds is 3. The van der Waals surface area contributed by atoms with Gasteiger partial charge in [0.25, 0.3) is 5.91 Å². The third kappa shape index (κ3) is 3.36. The van der Waals surface area contributed by atoms with Crippen molar-refractivity contribution < 1.29 is 19.1 Å². The van der Waals surface area contributed by atoms with Gasteiger partial charge in [0.1, 0.15) is 11.9 Å². The van der Waals surface area contributed by atoms with Crippen molar-refractivity contribution in [1.29, 1.82) is 0 Å². The molecule has 0 N–H and O–H groups in total. The summed E-state index contributed by atoms with van der Waals surface area (Å²) in [5.74, 6) is 1.69. The zero-order valence-electron chi connectivity index (χ0n) is 16.3. The summed E-state index contributed by atoms with van der Waals surface area (Å²) in [5, 5.41) is 4.67. The average Bonchev–Trinajstić information content (AvgIpc) is 3.11. The largest absolute Gasteiger partial charge is 0.381 e. The number of ether oxygens (including phenoxy) is 1. The molecule has 10 nitrogen and oxygen atoms in total. The third-order valence-corrected chi connectivity index (χ3v) is 5.93. The molecule has 0 spiro atoms. The number of urea groups is 1. The predicted molar refractivity (Wildman–Crippen MR) is 97.4 cm³/mol. The first kappa shape index (κ1) is 18.9. The molecule has 0 bridgehead atoms. The highest BCUT2D eigenvalue weighted by atomic mass is 16.5. The Kier molecular flexibility index (Phi) is 5.05. The molecule has 0 saturated carbocycles. The lowest BCUT2D eigenvalue weighted by molar-refractivity contribution is -0.136. The van der Waals surface area contributed by atoms with Crippen LogP contribution in [0, 0.1) is 0 Å². The first-order chi connectivity index (χ1) is 13.5. The van der Waals surface area contributed by atoms with Gasteiger partial charge in [0.15, 0.2) is 5.82 Å². The molecular formula is C18H26N6O4. The van der Waals surface area contributed by atoms with Crippen molar-refractivity contribution in [2.45, 2.75) is 44.2 Å². The van der Waals surface area contributed by atoms with Gasteiger partial charge in [-0.2, -0.15) is 5.10 Å². The van der Waals surface area contributed by atoms with E-state index in [1.807, 2.05) is 4.68 Å². The molecule has 1 aromatic rings. The summed E-state index contributed by atoms with van der Waals surface area (Å²) in [4.78, 5) is 45.7. The van der Waals surface area contributed by atoms with Crippen LogP contribution < -0.4 is 0 Å². The van der Waals surface area contributed by atoms with Crippen LogP contribution in [0.5, 0.6) is 0 Å². The van der Waals surface area contributed by atoms with Gasteiger partial charge in [-0.05, 0) is 12.8 Å². The summed E-state index contributed by atoms with van der Waals surface area (Å²) in [5.41, 5.74) is 0. The number of hydrogen-bond donors (Lipinski definition) is 0. The third-order valence-electron chi connectivity index (χ3n) is 5.93. The maximum atomic E-state index is 12.8. The number of likely N-dealkylation sites (N-methyl/N-ethyl adjacent to an activating group) is 2. The number of nitrogens with zero attached hydrogens (tertiary/aromatic N) is 6. The van der Waals surface area contributed by atoms with Gasteiger partial charge < -0.3 is 14.5 Å². The van der Waals surface area contributed by atoms with Crippen molar-refractivity contribution in [3.05, 3.63) is 11.6 Å². The van der Waals surface area contributed by atoms with Crippen molar-refractivity contribution in [3.8, 4) is 0 Å². The van der Waals surface area contributed by atoms with E-state index in [9.17, 15) is 14.4 Å². The van der Waals surface area contributed by atoms with Crippen LogP contribution in [0.4, 0.5) is 4.79 Å². The number of carbonyl (C=O) groups is 3. The van der Waals surface area contributed by atoms with Crippen molar-refractivity contribution >= 4 is 17.8 Å². The Morgan fingerprint density at radius 3 is 2.57 bits per heavy atom. The smallest absolute Gasteiger partial charge is 0.326 e. The van der Waals surface area contributed by atoms with E-state index in [1.165, 1.54) is 11.9 Å². The molecule has 3 aliphatic heterocycles. The molecule has 0 aromatic carbocycles. The number of carbonyl (C=O) groups excluding carboxylic acids is 3. The Morgan fingerprint density at radius 2 is 1.89 bits per heavy atom. The molecule has 4 rings (SSSR count). The Hall–Kier alpha value is -2.49. The fourth-order valence-electron chi connectivity index (χ4n) is 4.07. The molecule has 2 fully saturated rings. The van der Waals surface area contributed by atoms with E-state index < -0.39 is 6.04 Å². The van der Waals surface area contributed by atoms with E-state index in [0.29, 0.717) is 32.0 Å². The zero-order valence-corrected chi connectivity index (χ0v) is 16.3. The van der Waals surface area contributed by atoms with Gasteiger partial charge in [0.05, 0.1) is 13.0 Å². The van der Waals surface area contributed by atoms with Crippen LogP contribution in [0.25, 0.3) is 0 Å². The maximum Gasteiger partial charge on any atom is 0.326 e. The summed E-state index contributed by atoms with van der Waals surface area (Å²) >= 11 is 0. The van der Waals surface area contributed by atoms with E-state index in [2.05, 4.69) is 5.10 Å². The van der Waals surface area contributed by atoms with Gasteiger partial charge in [-0.15, -0.1) is 0 Å². The van der Waals surface area contributed by atoms with E-state index in [-0.39, 0.29) is 24.3 Å². The lowest BCUT2D eigenvalue weighted by Gasteiger charge is -2.23. The van der Waals surface area contributed by atoms with Crippen LogP contribution in [0.2, 0.25) is 0 Å². The van der Waals surface area contributed by atoms with Crippen molar-refractivity contribution in [1.82, 2.24) is 29.5 Å². The van der Waals surface area contributed by atoms with Crippen LogP contribution in [0.3, 0.4) is 0 Å². The first-order valence-corrected chi connectivity index (χ1v) is 9.79. The molecule has 4 heterocycles. The molecule has 0 radical (unpaired) electrons. The highest BCUT2D eigenvalue weighted by Gasteiger charge is 2.42. The second-order valence-electron chi connectivity index (χ2n) is 7.64. The topological polar surface area (TPSA) is 101 Å². The summed E-state index contributed by atoms with van der Waals surface area (Å²) in [7, 11) is 3.00. The quantitative estimate of drug-likeness (QED) is 0.665. The van der Waals surface area contributed by atoms with Gasteiger partial charge in [0, 0.05) is 52.7 Å². The van der Waals surface area contributed by atoms with Gasteiger partial charge in [-0.3, -0.25) is 14.5 Å². The van der Waals surface area contributed by atoms with Crippen LogP contribution in [-0.2, 0) is 27.3 Å². The Morgan fingerprint density at radius 1 is 1.14 bits per heavy atom. The molecule has 1 unspecified atom stereocenters. The summed E-state index contributed by atoms with van der Waals surface area (Å²) in [6.07, 6.45) is 2.54. The van der Waals surface area contributed by atoms with Crippen molar-refractivity contribution in [2.75, 3.05) is 40.4 Å². The molecule has 1 atom stereocenters. The fraction of sp³-hybridized carbons (Fsp3) is 0.722. The molecule has 1 aromatic heterocycles. The number of imide groups is 1. The monoisotopic (exact) mass is 390 g/mol. The SMILES string of the molecule is CN1C(=O)C(CC(=O)N2CCc3nc(C4CCOCC4)nn3CC2)N(C)C1=O. The average molecular weight is 390 g/mol. The normalized spacial score (nSPS) is 23.9. The van der Waals surface area contributed by atoms with Crippen LogP contribution in [-0.4, -0.2) is 93.8 Å². The summed E-state index contributed by atoms with van der Waals surface area (Å²) in [6.45, 7) is 3.16. The molecule has 28 heavy (non-hydrogen) atoms. The number of aromatic nitrogens is 3. The van der Waals surface area contributed by atoms with Crippen LogP contribution in [0.15, 0.2) is 0 Å². The van der Waals surface area contributed by atoms with E-state index in [0.717, 1.165) is 42.6 Å². The van der Waals surface area contributed by atoms with Crippen LogP contribution in [0.1, 0.15) is 36.8 Å².